The quantitative estimate of drug-likeness (QED) is 0.648. The van der Waals surface area contributed by atoms with E-state index in [9.17, 15) is 14.0 Å². The van der Waals surface area contributed by atoms with E-state index in [1.807, 2.05) is 0 Å². The smallest absolute Gasteiger partial charge is 0.234 e. The molecular formula is C19H28BrFN4O2. The van der Waals surface area contributed by atoms with Gasteiger partial charge in [-0.05, 0) is 24.1 Å². The van der Waals surface area contributed by atoms with E-state index in [-0.39, 0.29) is 17.5 Å². The second kappa shape index (κ2) is 10.7. The molecule has 0 aliphatic carbocycles. The Balaban J connectivity index is 1.65. The van der Waals surface area contributed by atoms with Crippen LogP contribution in [-0.2, 0) is 9.59 Å². The second-order valence-electron chi connectivity index (χ2n) is 7.24. The van der Waals surface area contributed by atoms with Gasteiger partial charge in [0.25, 0.3) is 0 Å². The van der Waals surface area contributed by atoms with E-state index >= 15 is 0 Å². The van der Waals surface area contributed by atoms with Crippen LogP contribution in [0.5, 0.6) is 0 Å². The van der Waals surface area contributed by atoms with Gasteiger partial charge in [0.15, 0.2) is 0 Å². The van der Waals surface area contributed by atoms with Gasteiger partial charge >= 0.3 is 0 Å². The summed E-state index contributed by atoms with van der Waals surface area (Å²) < 4.78 is 14.4. The van der Waals surface area contributed by atoms with Crippen LogP contribution in [0.15, 0.2) is 22.7 Å². The largest absolute Gasteiger partial charge is 0.355 e. The van der Waals surface area contributed by atoms with Crippen molar-refractivity contribution in [2.45, 2.75) is 20.3 Å². The van der Waals surface area contributed by atoms with E-state index < -0.39 is 5.82 Å². The maximum atomic E-state index is 13.8. The highest BCUT2D eigenvalue weighted by atomic mass is 79.9. The number of carbonyl (C=O) groups excluding carboxylic acids is 2. The van der Waals surface area contributed by atoms with E-state index in [0.29, 0.717) is 36.4 Å². The summed E-state index contributed by atoms with van der Waals surface area (Å²) in [5.41, 5.74) is 0.195. The molecule has 1 heterocycles. The molecular weight excluding hydrogens is 415 g/mol. The molecule has 0 bridgehead atoms. The van der Waals surface area contributed by atoms with Crippen LogP contribution in [0, 0.1) is 11.7 Å². The number of benzene rings is 1. The first-order valence-corrected chi connectivity index (χ1v) is 10.1. The van der Waals surface area contributed by atoms with Gasteiger partial charge in [-0.3, -0.25) is 14.5 Å². The summed E-state index contributed by atoms with van der Waals surface area (Å²) in [6, 6.07) is 4.56. The van der Waals surface area contributed by atoms with Crippen molar-refractivity contribution in [2.24, 2.45) is 5.92 Å². The van der Waals surface area contributed by atoms with Gasteiger partial charge in [0.1, 0.15) is 5.82 Å². The predicted octanol–water partition coefficient (Wildman–Crippen LogP) is 2.31. The topological polar surface area (TPSA) is 64.7 Å². The molecule has 0 atom stereocenters. The zero-order chi connectivity index (χ0) is 19.8. The lowest BCUT2D eigenvalue weighted by atomic mass is 10.2. The van der Waals surface area contributed by atoms with Crippen molar-refractivity contribution in [1.82, 2.24) is 15.1 Å². The van der Waals surface area contributed by atoms with Crippen molar-refractivity contribution in [3.63, 3.8) is 0 Å². The van der Waals surface area contributed by atoms with Crippen LogP contribution in [0.1, 0.15) is 20.3 Å². The fraction of sp³-hybridized carbons (Fsp3) is 0.579. The highest BCUT2D eigenvalue weighted by Gasteiger charge is 2.19. The third-order valence-corrected chi connectivity index (χ3v) is 4.89. The molecule has 0 aromatic heterocycles. The SMILES string of the molecule is CC(C)CNC(=O)CN1CCN(CCC(=O)Nc2ccc(Br)cc2F)CC1. The Kier molecular flexibility index (Phi) is 8.66. The molecule has 1 aromatic rings. The van der Waals surface area contributed by atoms with Gasteiger partial charge in [-0.1, -0.05) is 29.8 Å². The van der Waals surface area contributed by atoms with Crippen molar-refractivity contribution in [1.29, 1.82) is 0 Å². The number of anilines is 1. The molecule has 2 rings (SSSR count). The van der Waals surface area contributed by atoms with Gasteiger partial charge in [0.05, 0.1) is 12.2 Å². The molecule has 1 saturated heterocycles. The van der Waals surface area contributed by atoms with Crippen molar-refractivity contribution in [3.05, 3.63) is 28.5 Å². The first-order valence-electron chi connectivity index (χ1n) is 9.30. The normalized spacial score (nSPS) is 15.7. The summed E-state index contributed by atoms with van der Waals surface area (Å²) in [6.45, 7) is 9.12. The van der Waals surface area contributed by atoms with Crippen molar-refractivity contribution in [3.8, 4) is 0 Å². The summed E-state index contributed by atoms with van der Waals surface area (Å²) in [5.74, 6) is -0.148. The van der Waals surface area contributed by atoms with Crippen LogP contribution in [0.2, 0.25) is 0 Å². The maximum absolute atomic E-state index is 13.8. The first kappa shape index (κ1) is 21.8. The minimum Gasteiger partial charge on any atom is -0.355 e. The second-order valence-corrected chi connectivity index (χ2v) is 8.15. The Morgan fingerprint density at radius 3 is 2.44 bits per heavy atom. The van der Waals surface area contributed by atoms with Crippen LogP contribution >= 0.6 is 15.9 Å². The Morgan fingerprint density at radius 1 is 1.15 bits per heavy atom. The fourth-order valence-corrected chi connectivity index (χ4v) is 3.14. The standard InChI is InChI=1S/C19H28BrFN4O2/c1-14(2)12-22-19(27)13-25-9-7-24(8-10-25)6-5-18(26)23-17-4-3-15(20)11-16(17)21/h3-4,11,14H,5-10,12-13H2,1-2H3,(H,22,27)(H,23,26). The minimum absolute atomic E-state index is 0.0630. The molecule has 1 aliphatic rings. The number of hydrogen-bond donors (Lipinski definition) is 2. The molecule has 2 amide bonds. The third kappa shape index (κ3) is 7.94. The lowest BCUT2D eigenvalue weighted by Gasteiger charge is -2.34. The molecule has 2 N–H and O–H groups in total. The number of hydrogen-bond acceptors (Lipinski definition) is 4. The number of piperazine rings is 1. The van der Waals surface area contributed by atoms with Crippen molar-refractivity contribution < 1.29 is 14.0 Å². The summed E-state index contributed by atoms with van der Waals surface area (Å²) in [5, 5.41) is 5.54. The van der Waals surface area contributed by atoms with Gasteiger partial charge in [-0.25, -0.2) is 4.39 Å². The maximum Gasteiger partial charge on any atom is 0.234 e. The number of rotatable bonds is 8. The number of carbonyl (C=O) groups is 2. The van der Waals surface area contributed by atoms with Gasteiger partial charge in [-0.2, -0.15) is 0 Å². The molecule has 27 heavy (non-hydrogen) atoms. The Labute approximate surface area is 168 Å². The van der Waals surface area contributed by atoms with Crippen molar-refractivity contribution in [2.75, 3.05) is 51.1 Å². The molecule has 0 radical (unpaired) electrons. The average Bonchev–Trinajstić information content (AvgIpc) is 2.62. The highest BCUT2D eigenvalue weighted by Crippen LogP contribution is 2.19. The van der Waals surface area contributed by atoms with Crippen molar-refractivity contribution >= 4 is 33.4 Å². The molecule has 150 valence electrons. The minimum atomic E-state index is -0.456. The molecule has 1 aromatic carbocycles. The molecule has 6 nitrogen and oxygen atoms in total. The number of amides is 2. The number of nitrogens with zero attached hydrogens (tertiary/aromatic N) is 2. The Morgan fingerprint density at radius 2 is 1.81 bits per heavy atom. The van der Waals surface area contributed by atoms with E-state index in [2.05, 4.69) is 50.2 Å². The van der Waals surface area contributed by atoms with E-state index in [1.165, 1.54) is 6.07 Å². The summed E-state index contributed by atoms with van der Waals surface area (Å²) >= 11 is 3.19. The lowest BCUT2D eigenvalue weighted by Crippen LogP contribution is -2.50. The summed E-state index contributed by atoms with van der Waals surface area (Å²) in [6.07, 6.45) is 0.310. The summed E-state index contributed by atoms with van der Waals surface area (Å²) in [4.78, 5) is 28.3. The van der Waals surface area contributed by atoms with E-state index in [0.717, 1.165) is 26.2 Å². The van der Waals surface area contributed by atoms with Crippen LogP contribution < -0.4 is 10.6 Å². The van der Waals surface area contributed by atoms with Gasteiger partial charge in [0, 0.05) is 50.2 Å². The molecule has 0 saturated carbocycles. The lowest BCUT2D eigenvalue weighted by molar-refractivity contribution is -0.122. The Hall–Kier alpha value is -1.51. The number of nitrogens with one attached hydrogen (secondary N) is 2. The monoisotopic (exact) mass is 442 g/mol. The zero-order valence-electron chi connectivity index (χ0n) is 15.9. The Bertz CT molecular complexity index is 649. The third-order valence-electron chi connectivity index (χ3n) is 4.40. The predicted molar refractivity (Wildman–Crippen MR) is 108 cm³/mol. The molecule has 1 aliphatic heterocycles. The van der Waals surface area contributed by atoms with Gasteiger partial charge in [-0.15, -0.1) is 0 Å². The molecule has 1 fully saturated rings. The van der Waals surface area contributed by atoms with Crippen LogP contribution in [0.3, 0.4) is 0 Å². The van der Waals surface area contributed by atoms with Gasteiger partial charge < -0.3 is 15.5 Å². The highest BCUT2D eigenvalue weighted by molar-refractivity contribution is 9.10. The molecule has 0 spiro atoms. The fourth-order valence-electron chi connectivity index (χ4n) is 2.81. The molecule has 8 heteroatoms. The number of halogens is 2. The van der Waals surface area contributed by atoms with Gasteiger partial charge in [0.2, 0.25) is 11.8 Å². The summed E-state index contributed by atoms with van der Waals surface area (Å²) in [7, 11) is 0. The average molecular weight is 443 g/mol. The van der Waals surface area contributed by atoms with E-state index in [4.69, 9.17) is 0 Å². The van der Waals surface area contributed by atoms with Crippen LogP contribution in [0.4, 0.5) is 10.1 Å². The first-order chi connectivity index (χ1) is 12.8. The van der Waals surface area contributed by atoms with Crippen LogP contribution in [-0.4, -0.2) is 67.4 Å². The zero-order valence-corrected chi connectivity index (χ0v) is 17.5. The van der Waals surface area contributed by atoms with Crippen LogP contribution in [0.25, 0.3) is 0 Å². The van der Waals surface area contributed by atoms with E-state index in [1.54, 1.807) is 12.1 Å². The molecule has 0 unspecified atom stereocenters.